The normalized spacial score (nSPS) is 21.7. The first-order valence-corrected chi connectivity index (χ1v) is 7.45. The molecule has 0 heterocycles. The molecule has 0 spiro atoms. The Morgan fingerprint density at radius 1 is 1.35 bits per heavy atom. The van der Waals surface area contributed by atoms with E-state index in [1.807, 2.05) is 25.2 Å². The zero-order valence-electron chi connectivity index (χ0n) is 12.2. The number of nitrogens with two attached hydrogens (primary N) is 1. The highest BCUT2D eigenvalue weighted by atomic mass is 16.1. The highest BCUT2D eigenvalue weighted by Crippen LogP contribution is 2.26. The lowest BCUT2D eigenvalue weighted by molar-refractivity contribution is -0.122. The highest BCUT2D eigenvalue weighted by molar-refractivity contribution is 5.76. The van der Waals surface area contributed by atoms with Gasteiger partial charge in [0.1, 0.15) is 0 Å². The Hall–Kier alpha value is -1.55. The van der Waals surface area contributed by atoms with E-state index >= 15 is 0 Å². The van der Waals surface area contributed by atoms with Crippen LogP contribution in [-0.2, 0) is 4.79 Å². The summed E-state index contributed by atoms with van der Waals surface area (Å²) in [5, 5.41) is 2.99. The molecule has 1 fully saturated rings. The maximum atomic E-state index is 11.9. The number of carbonyl (C=O) groups is 1. The van der Waals surface area contributed by atoms with Crippen LogP contribution in [0.25, 0.3) is 0 Å². The second-order valence-electron chi connectivity index (χ2n) is 5.67. The molecule has 0 bridgehead atoms. The van der Waals surface area contributed by atoms with E-state index in [1.165, 1.54) is 5.69 Å². The van der Waals surface area contributed by atoms with Crippen molar-refractivity contribution in [3.63, 3.8) is 0 Å². The largest absolute Gasteiger partial charge is 0.373 e. The van der Waals surface area contributed by atoms with E-state index in [9.17, 15) is 4.79 Å². The Morgan fingerprint density at radius 2 is 2.10 bits per heavy atom. The molecule has 20 heavy (non-hydrogen) atoms. The van der Waals surface area contributed by atoms with Crippen molar-refractivity contribution in [1.82, 2.24) is 5.32 Å². The van der Waals surface area contributed by atoms with Gasteiger partial charge in [-0.25, -0.2) is 0 Å². The SMILES string of the molecule is CN(CCNC(=O)C[C@@H]1CCC[C@H]1N)c1ccccc1. The third-order valence-corrected chi connectivity index (χ3v) is 4.13. The van der Waals surface area contributed by atoms with Gasteiger partial charge in [0.25, 0.3) is 0 Å². The lowest BCUT2D eigenvalue weighted by Crippen LogP contribution is -2.35. The van der Waals surface area contributed by atoms with Crippen LogP contribution in [0.5, 0.6) is 0 Å². The van der Waals surface area contributed by atoms with Crippen LogP contribution >= 0.6 is 0 Å². The van der Waals surface area contributed by atoms with Gasteiger partial charge in [-0.05, 0) is 30.9 Å². The molecule has 2 atom stereocenters. The summed E-state index contributed by atoms with van der Waals surface area (Å²) in [6, 6.07) is 10.4. The fourth-order valence-electron chi connectivity index (χ4n) is 2.80. The monoisotopic (exact) mass is 275 g/mol. The Bertz CT molecular complexity index is 421. The van der Waals surface area contributed by atoms with Gasteiger partial charge in [-0.2, -0.15) is 0 Å². The second kappa shape index (κ2) is 7.29. The van der Waals surface area contributed by atoms with Crippen LogP contribution < -0.4 is 16.0 Å². The number of hydrogen-bond donors (Lipinski definition) is 2. The van der Waals surface area contributed by atoms with Crippen LogP contribution in [0.15, 0.2) is 30.3 Å². The van der Waals surface area contributed by atoms with E-state index in [0.717, 1.165) is 25.8 Å². The number of hydrogen-bond acceptors (Lipinski definition) is 3. The predicted octanol–water partition coefficient (Wildman–Crippen LogP) is 1.76. The third-order valence-electron chi connectivity index (χ3n) is 4.13. The number of para-hydroxylation sites is 1. The molecule has 110 valence electrons. The summed E-state index contributed by atoms with van der Waals surface area (Å²) in [5.41, 5.74) is 7.16. The average Bonchev–Trinajstić information content (AvgIpc) is 2.85. The van der Waals surface area contributed by atoms with Crippen LogP contribution in [0.4, 0.5) is 5.69 Å². The molecule has 1 aromatic rings. The van der Waals surface area contributed by atoms with Crippen molar-refractivity contribution in [1.29, 1.82) is 0 Å². The minimum absolute atomic E-state index is 0.133. The summed E-state index contributed by atoms with van der Waals surface area (Å²) in [7, 11) is 2.04. The maximum absolute atomic E-state index is 11.9. The molecule has 4 nitrogen and oxygen atoms in total. The number of likely N-dealkylation sites (N-methyl/N-ethyl adjacent to an activating group) is 1. The van der Waals surface area contributed by atoms with Gasteiger partial charge in [-0.3, -0.25) is 4.79 Å². The molecule has 1 saturated carbocycles. The van der Waals surface area contributed by atoms with Crippen molar-refractivity contribution in [2.75, 3.05) is 25.0 Å². The van der Waals surface area contributed by atoms with Crippen LogP contribution in [0.1, 0.15) is 25.7 Å². The van der Waals surface area contributed by atoms with Crippen molar-refractivity contribution in [2.45, 2.75) is 31.7 Å². The van der Waals surface area contributed by atoms with E-state index in [2.05, 4.69) is 22.3 Å². The predicted molar refractivity (Wildman–Crippen MR) is 82.7 cm³/mol. The Morgan fingerprint density at radius 3 is 2.75 bits per heavy atom. The number of nitrogens with one attached hydrogen (secondary N) is 1. The summed E-state index contributed by atoms with van der Waals surface area (Å²) in [6.07, 6.45) is 3.90. The standard InChI is InChI=1S/C16H25N3O/c1-19(14-7-3-2-4-8-14)11-10-18-16(20)12-13-6-5-9-15(13)17/h2-4,7-8,13,15H,5-6,9-12,17H2,1H3,(H,18,20)/t13-,15+/m0/s1. The van der Waals surface area contributed by atoms with Crippen LogP contribution in [-0.4, -0.2) is 32.1 Å². The molecule has 0 saturated heterocycles. The van der Waals surface area contributed by atoms with Crippen molar-refractivity contribution in [3.05, 3.63) is 30.3 Å². The molecular weight excluding hydrogens is 250 g/mol. The summed E-state index contributed by atoms with van der Waals surface area (Å²) in [6.45, 7) is 1.48. The van der Waals surface area contributed by atoms with Crippen LogP contribution in [0, 0.1) is 5.92 Å². The molecule has 0 aromatic heterocycles. The van der Waals surface area contributed by atoms with E-state index in [1.54, 1.807) is 0 Å². The van der Waals surface area contributed by atoms with Crippen LogP contribution in [0.3, 0.4) is 0 Å². The lowest BCUT2D eigenvalue weighted by Gasteiger charge is -2.20. The van der Waals surface area contributed by atoms with Gasteiger partial charge in [0.2, 0.25) is 5.91 Å². The molecule has 4 heteroatoms. The van der Waals surface area contributed by atoms with E-state index < -0.39 is 0 Å². The van der Waals surface area contributed by atoms with Crippen LogP contribution in [0.2, 0.25) is 0 Å². The van der Waals surface area contributed by atoms with E-state index in [-0.39, 0.29) is 11.9 Å². The molecule has 1 aliphatic rings. The number of benzene rings is 1. The summed E-state index contributed by atoms with van der Waals surface area (Å²) < 4.78 is 0. The third kappa shape index (κ3) is 4.23. The van der Waals surface area contributed by atoms with Gasteiger partial charge in [-0.1, -0.05) is 24.6 Å². The van der Waals surface area contributed by atoms with Gasteiger partial charge in [0, 0.05) is 38.3 Å². The zero-order valence-corrected chi connectivity index (χ0v) is 12.2. The number of anilines is 1. The topological polar surface area (TPSA) is 58.4 Å². The molecule has 1 aliphatic carbocycles. The van der Waals surface area contributed by atoms with Gasteiger partial charge in [-0.15, -0.1) is 0 Å². The Labute approximate surface area is 121 Å². The Kier molecular flexibility index (Phi) is 5.41. The van der Waals surface area contributed by atoms with E-state index in [4.69, 9.17) is 5.73 Å². The smallest absolute Gasteiger partial charge is 0.220 e. The number of rotatable bonds is 6. The van der Waals surface area contributed by atoms with Gasteiger partial charge in [0.05, 0.1) is 0 Å². The number of carbonyl (C=O) groups excluding carboxylic acids is 1. The molecule has 1 aromatic carbocycles. The van der Waals surface area contributed by atoms with Crippen molar-refractivity contribution in [3.8, 4) is 0 Å². The quantitative estimate of drug-likeness (QED) is 0.831. The number of amides is 1. The van der Waals surface area contributed by atoms with Gasteiger partial charge in [0.15, 0.2) is 0 Å². The Balaban J connectivity index is 1.66. The first kappa shape index (κ1) is 14.9. The molecule has 0 unspecified atom stereocenters. The van der Waals surface area contributed by atoms with E-state index in [0.29, 0.717) is 18.9 Å². The molecule has 0 radical (unpaired) electrons. The summed E-state index contributed by atoms with van der Waals surface area (Å²) >= 11 is 0. The molecule has 0 aliphatic heterocycles. The lowest BCUT2D eigenvalue weighted by atomic mass is 10.00. The highest BCUT2D eigenvalue weighted by Gasteiger charge is 2.25. The average molecular weight is 275 g/mol. The minimum Gasteiger partial charge on any atom is -0.373 e. The first-order chi connectivity index (χ1) is 9.66. The van der Waals surface area contributed by atoms with Gasteiger partial charge >= 0.3 is 0 Å². The summed E-state index contributed by atoms with van der Waals surface area (Å²) in [5.74, 6) is 0.510. The second-order valence-corrected chi connectivity index (χ2v) is 5.67. The van der Waals surface area contributed by atoms with Gasteiger partial charge < -0.3 is 16.0 Å². The fraction of sp³-hybridized carbons (Fsp3) is 0.562. The summed E-state index contributed by atoms with van der Waals surface area (Å²) in [4.78, 5) is 14.0. The molecule has 1 amide bonds. The fourth-order valence-corrected chi connectivity index (χ4v) is 2.80. The van der Waals surface area contributed by atoms with Crippen molar-refractivity contribution < 1.29 is 4.79 Å². The van der Waals surface area contributed by atoms with Crippen molar-refractivity contribution >= 4 is 11.6 Å². The minimum atomic E-state index is 0.133. The first-order valence-electron chi connectivity index (χ1n) is 7.45. The zero-order chi connectivity index (χ0) is 14.4. The number of nitrogens with zero attached hydrogens (tertiary/aromatic N) is 1. The maximum Gasteiger partial charge on any atom is 0.220 e. The molecule has 3 N–H and O–H groups in total. The molecular formula is C16H25N3O. The molecule has 2 rings (SSSR count). The van der Waals surface area contributed by atoms with Crippen molar-refractivity contribution in [2.24, 2.45) is 11.7 Å².